The Bertz CT molecular complexity index is 586. The molecule has 8 heteroatoms. The van der Waals surface area contributed by atoms with Gasteiger partial charge in [-0.25, -0.2) is 0 Å². The van der Waals surface area contributed by atoms with E-state index in [1.165, 1.54) is 12.8 Å². The van der Waals surface area contributed by atoms with E-state index in [1.807, 2.05) is 17.0 Å². The summed E-state index contributed by atoms with van der Waals surface area (Å²) < 4.78 is 0. The first kappa shape index (κ1) is 21.5. The Morgan fingerprint density at radius 3 is 2.04 bits per heavy atom. The monoisotopic (exact) mass is 388 g/mol. The van der Waals surface area contributed by atoms with Crippen molar-refractivity contribution in [2.24, 2.45) is 0 Å². The van der Waals surface area contributed by atoms with Gasteiger partial charge in [0.25, 0.3) is 5.91 Å². The van der Waals surface area contributed by atoms with E-state index >= 15 is 0 Å². The molecular weight excluding hydrogens is 363 g/mol. The Morgan fingerprint density at radius 2 is 1.44 bits per heavy atom. The Morgan fingerprint density at radius 1 is 0.880 bits per heavy atom. The highest BCUT2D eigenvalue weighted by atomic mass is 35.5. The lowest BCUT2D eigenvalue weighted by molar-refractivity contribution is -0.133. The van der Waals surface area contributed by atoms with Gasteiger partial charge in [-0.2, -0.15) is 0 Å². The van der Waals surface area contributed by atoms with E-state index in [4.69, 9.17) is 5.73 Å². The standard InChI is InChI=1S/C17H24N4O2.2ClH/c18-15-6-2-1-5-14(15)17(23)21-11-9-20(10-12-21)16(22)13-19-7-3-4-8-19;;/h1-2,5-6H,3-4,7-13,18H2;2*1H. The maximum Gasteiger partial charge on any atom is 0.256 e. The SMILES string of the molecule is Cl.Cl.Nc1ccccc1C(=O)N1CCN(C(=O)CN2CCCC2)CC1. The molecule has 3 rings (SSSR count). The van der Waals surface area contributed by atoms with Crippen molar-refractivity contribution < 1.29 is 9.59 Å². The zero-order valence-electron chi connectivity index (χ0n) is 14.2. The van der Waals surface area contributed by atoms with Gasteiger partial charge in [0.1, 0.15) is 0 Å². The van der Waals surface area contributed by atoms with Crippen molar-refractivity contribution in [3.05, 3.63) is 29.8 Å². The molecule has 2 aliphatic heterocycles. The Hall–Kier alpha value is -1.50. The number of nitrogen functional groups attached to an aromatic ring is 1. The van der Waals surface area contributed by atoms with Crippen LogP contribution >= 0.6 is 24.8 Å². The quantitative estimate of drug-likeness (QED) is 0.796. The van der Waals surface area contributed by atoms with Crippen LogP contribution in [0.3, 0.4) is 0 Å². The number of hydrogen-bond acceptors (Lipinski definition) is 4. The summed E-state index contributed by atoms with van der Waals surface area (Å²) >= 11 is 0. The number of anilines is 1. The predicted molar refractivity (Wildman–Crippen MR) is 104 cm³/mol. The van der Waals surface area contributed by atoms with E-state index < -0.39 is 0 Å². The average molecular weight is 389 g/mol. The van der Waals surface area contributed by atoms with E-state index in [1.54, 1.807) is 17.0 Å². The molecule has 0 aliphatic carbocycles. The molecule has 0 saturated carbocycles. The largest absolute Gasteiger partial charge is 0.398 e. The van der Waals surface area contributed by atoms with Crippen molar-refractivity contribution in [3.63, 3.8) is 0 Å². The van der Waals surface area contributed by atoms with E-state index in [9.17, 15) is 9.59 Å². The molecule has 0 bridgehead atoms. The first-order valence-electron chi connectivity index (χ1n) is 8.29. The molecule has 1 aromatic carbocycles. The van der Waals surface area contributed by atoms with Gasteiger partial charge in [0.2, 0.25) is 5.91 Å². The summed E-state index contributed by atoms with van der Waals surface area (Å²) in [5.74, 6) is 0.132. The Labute approximate surface area is 161 Å². The summed E-state index contributed by atoms with van der Waals surface area (Å²) in [5, 5.41) is 0. The molecule has 0 radical (unpaired) electrons. The summed E-state index contributed by atoms with van der Waals surface area (Å²) in [6.45, 7) is 4.91. The number of nitrogens with zero attached hydrogens (tertiary/aromatic N) is 3. The van der Waals surface area contributed by atoms with Crippen molar-refractivity contribution in [1.82, 2.24) is 14.7 Å². The van der Waals surface area contributed by atoms with Crippen LogP contribution in [0.15, 0.2) is 24.3 Å². The molecule has 6 nitrogen and oxygen atoms in total. The molecule has 2 saturated heterocycles. The molecule has 2 fully saturated rings. The van der Waals surface area contributed by atoms with Crippen LogP contribution < -0.4 is 5.73 Å². The van der Waals surface area contributed by atoms with Crippen molar-refractivity contribution in [2.45, 2.75) is 12.8 Å². The zero-order valence-corrected chi connectivity index (χ0v) is 15.9. The van der Waals surface area contributed by atoms with E-state index in [0.717, 1.165) is 13.1 Å². The van der Waals surface area contributed by atoms with Crippen molar-refractivity contribution >= 4 is 42.3 Å². The van der Waals surface area contributed by atoms with Crippen LogP contribution in [0.4, 0.5) is 5.69 Å². The summed E-state index contributed by atoms with van der Waals surface area (Å²) in [4.78, 5) is 30.7. The summed E-state index contributed by atoms with van der Waals surface area (Å²) in [7, 11) is 0. The van der Waals surface area contributed by atoms with Crippen LogP contribution in [-0.2, 0) is 4.79 Å². The minimum atomic E-state index is -0.0465. The van der Waals surface area contributed by atoms with Gasteiger partial charge in [-0.1, -0.05) is 12.1 Å². The molecule has 2 heterocycles. The number of halogens is 2. The lowest BCUT2D eigenvalue weighted by Crippen LogP contribution is -2.52. The number of piperazine rings is 1. The van der Waals surface area contributed by atoms with Gasteiger partial charge in [0, 0.05) is 31.9 Å². The number of carbonyl (C=O) groups excluding carboxylic acids is 2. The normalized spacial score (nSPS) is 17.6. The van der Waals surface area contributed by atoms with Crippen LogP contribution in [0.2, 0.25) is 0 Å². The van der Waals surface area contributed by atoms with Crippen LogP contribution in [0, 0.1) is 0 Å². The maximum atomic E-state index is 12.5. The Kier molecular flexibility index (Phi) is 8.48. The van der Waals surface area contributed by atoms with Crippen LogP contribution in [0.1, 0.15) is 23.2 Å². The number of benzene rings is 1. The topological polar surface area (TPSA) is 69.9 Å². The van der Waals surface area contributed by atoms with E-state index in [2.05, 4.69) is 4.90 Å². The Balaban J connectivity index is 0.00000156. The molecule has 25 heavy (non-hydrogen) atoms. The molecule has 0 unspecified atom stereocenters. The first-order valence-corrected chi connectivity index (χ1v) is 8.29. The van der Waals surface area contributed by atoms with Crippen molar-refractivity contribution in [1.29, 1.82) is 0 Å². The highest BCUT2D eigenvalue weighted by Crippen LogP contribution is 2.15. The van der Waals surface area contributed by atoms with Crippen LogP contribution in [0.5, 0.6) is 0 Å². The number of hydrogen-bond donors (Lipinski definition) is 1. The molecule has 0 atom stereocenters. The third-order valence-electron chi connectivity index (χ3n) is 4.67. The van der Waals surface area contributed by atoms with Crippen molar-refractivity contribution in [3.8, 4) is 0 Å². The number of amides is 2. The molecule has 2 aliphatic rings. The first-order chi connectivity index (χ1) is 11.1. The molecule has 2 N–H and O–H groups in total. The molecular formula is C17H26Cl2N4O2. The number of likely N-dealkylation sites (tertiary alicyclic amines) is 1. The van der Waals surface area contributed by atoms with Gasteiger partial charge in [-0.15, -0.1) is 24.8 Å². The highest BCUT2D eigenvalue weighted by Gasteiger charge is 2.26. The van der Waals surface area contributed by atoms with Gasteiger partial charge in [0.05, 0.1) is 12.1 Å². The maximum absolute atomic E-state index is 12.5. The second-order valence-corrected chi connectivity index (χ2v) is 6.24. The smallest absolute Gasteiger partial charge is 0.256 e. The summed E-state index contributed by atoms with van der Waals surface area (Å²) in [6.07, 6.45) is 2.38. The van der Waals surface area contributed by atoms with Gasteiger partial charge < -0.3 is 15.5 Å². The lowest BCUT2D eigenvalue weighted by atomic mass is 10.1. The number of rotatable bonds is 3. The number of para-hydroxylation sites is 1. The van der Waals surface area contributed by atoms with Gasteiger partial charge >= 0.3 is 0 Å². The second-order valence-electron chi connectivity index (χ2n) is 6.24. The molecule has 140 valence electrons. The number of nitrogens with two attached hydrogens (primary N) is 1. The molecule has 0 spiro atoms. The second kappa shape index (κ2) is 9.85. The van der Waals surface area contributed by atoms with E-state index in [0.29, 0.717) is 44.0 Å². The van der Waals surface area contributed by atoms with Crippen molar-refractivity contribution in [2.75, 3.05) is 51.5 Å². The minimum absolute atomic E-state index is 0. The number of carbonyl (C=O) groups is 2. The lowest BCUT2D eigenvalue weighted by Gasteiger charge is -2.35. The van der Waals surface area contributed by atoms with Gasteiger partial charge in [-0.3, -0.25) is 14.5 Å². The minimum Gasteiger partial charge on any atom is -0.398 e. The summed E-state index contributed by atoms with van der Waals surface area (Å²) in [6, 6.07) is 7.13. The third kappa shape index (κ3) is 5.23. The van der Waals surface area contributed by atoms with E-state index in [-0.39, 0.29) is 36.6 Å². The average Bonchev–Trinajstić information content (AvgIpc) is 3.08. The predicted octanol–water partition coefficient (Wildman–Crippen LogP) is 1.49. The van der Waals surface area contributed by atoms with Crippen LogP contribution in [0.25, 0.3) is 0 Å². The zero-order chi connectivity index (χ0) is 16.2. The molecule has 2 amide bonds. The fourth-order valence-corrected chi connectivity index (χ4v) is 3.25. The highest BCUT2D eigenvalue weighted by molar-refractivity contribution is 5.99. The summed E-state index contributed by atoms with van der Waals surface area (Å²) in [5.41, 5.74) is 6.93. The molecule has 0 aromatic heterocycles. The van der Waals surface area contributed by atoms with Gasteiger partial charge in [0.15, 0.2) is 0 Å². The fraction of sp³-hybridized carbons (Fsp3) is 0.529. The van der Waals surface area contributed by atoms with Crippen LogP contribution in [-0.4, -0.2) is 72.3 Å². The third-order valence-corrected chi connectivity index (χ3v) is 4.67. The van der Waals surface area contributed by atoms with Gasteiger partial charge in [-0.05, 0) is 38.1 Å². The molecule has 1 aromatic rings. The fourth-order valence-electron chi connectivity index (χ4n) is 3.25.